The van der Waals surface area contributed by atoms with Gasteiger partial charge in [-0.1, -0.05) is 11.2 Å². The first-order chi connectivity index (χ1) is 14.5. The molecule has 0 amide bonds. The predicted octanol–water partition coefficient (Wildman–Crippen LogP) is 1.98. The lowest BCUT2D eigenvalue weighted by Gasteiger charge is -2.10. The lowest BCUT2D eigenvalue weighted by molar-refractivity contribution is -0.143. The van der Waals surface area contributed by atoms with Crippen LogP contribution in [0.4, 0.5) is 0 Å². The number of nitrogens with zero attached hydrogens (tertiary/aromatic N) is 2. The molecule has 0 fully saturated rings. The van der Waals surface area contributed by atoms with E-state index in [1.807, 2.05) is 17.5 Å². The summed E-state index contributed by atoms with van der Waals surface area (Å²) in [4.78, 5) is 16.8. The third kappa shape index (κ3) is 4.78. The van der Waals surface area contributed by atoms with Crippen molar-refractivity contribution >= 4 is 27.3 Å². The number of sulfonamides is 1. The van der Waals surface area contributed by atoms with Crippen LogP contribution >= 0.6 is 11.3 Å². The highest BCUT2D eigenvalue weighted by molar-refractivity contribution is 7.89. The maximum atomic E-state index is 12.5. The van der Waals surface area contributed by atoms with Crippen LogP contribution < -0.4 is 14.2 Å². The average Bonchev–Trinajstić information content (AvgIpc) is 3.38. The first-order valence-electron chi connectivity index (χ1n) is 8.93. The molecule has 10 nitrogen and oxygen atoms in total. The number of aromatic nitrogens is 2. The number of esters is 1. The molecule has 0 spiro atoms. The second kappa shape index (κ2) is 8.81. The van der Waals surface area contributed by atoms with Gasteiger partial charge in [0.1, 0.15) is 6.54 Å². The summed E-state index contributed by atoms with van der Waals surface area (Å²) in [7, 11) is -3.94. The Kier molecular flexibility index (Phi) is 5.97. The third-order valence-corrected chi connectivity index (χ3v) is 6.25. The largest absolute Gasteiger partial charge is 0.490 e. The van der Waals surface area contributed by atoms with Crippen molar-refractivity contribution in [3.05, 3.63) is 41.5 Å². The number of carbonyl (C=O) groups excluding carboxylic acids is 1. The predicted molar refractivity (Wildman–Crippen MR) is 105 cm³/mol. The maximum Gasteiger partial charge on any atom is 0.321 e. The quantitative estimate of drug-likeness (QED) is 0.536. The fourth-order valence-corrected chi connectivity index (χ4v) is 4.19. The number of carbonyl (C=O) groups is 1. The van der Waals surface area contributed by atoms with Gasteiger partial charge >= 0.3 is 5.97 Å². The van der Waals surface area contributed by atoms with E-state index < -0.39 is 22.5 Å². The van der Waals surface area contributed by atoms with Crippen LogP contribution in [0.15, 0.2) is 45.1 Å². The van der Waals surface area contributed by atoms with Crippen molar-refractivity contribution in [1.29, 1.82) is 0 Å². The second-order valence-electron chi connectivity index (χ2n) is 6.14. The summed E-state index contributed by atoms with van der Waals surface area (Å²) in [5, 5.41) is 5.60. The van der Waals surface area contributed by atoms with E-state index in [1.165, 1.54) is 29.5 Å². The van der Waals surface area contributed by atoms with Crippen LogP contribution in [0.25, 0.3) is 10.8 Å². The summed E-state index contributed by atoms with van der Waals surface area (Å²) in [6.45, 7) is 0.144. The number of hydrogen-bond donors (Lipinski definition) is 1. The molecule has 30 heavy (non-hydrogen) atoms. The fraction of sp³-hybridized carbons (Fsp3) is 0.278. The lowest BCUT2D eigenvalue weighted by Crippen LogP contribution is -2.30. The molecular formula is C18H17N3O7S2. The van der Waals surface area contributed by atoms with Crippen LogP contribution in [0.5, 0.6) is 11.5 Å². The summed E-state index contributed by atoms with van der Waals surface area (Å²) in [5.74, 6) is 0.545. The summed E-state index contributed by atoms with van der Waals surface area (Å²) >= 11 is 1.43. The van der Waals surface area contributed by atoms with E-state index in [2.05, 4.69) is 14.9 Å². The Morgan fingerprint density at radius 2 is 2.03 bits per heavy atom. The molecule has 3 aromatic rings. The Hall–Kier alpha value is -2.96. The molecule has 0 radical (unpaired) electrons. The minimum atomic E-state index is -3.94. The van der Waals surface area contributed by atoms with Crippen LogP contribution in [0.2, 0.25) is 0 Å². The van der Waals surface area contributed by atoms with Gasteiger partial charge in [-0.2, -0.15) is 9.71 Å². The van der Waals surface area contributed by atoms with Gasteiger partial charge in [0.25, 0.3) is 5.89 Å². The topological polar surface area (TPSA) is 130 Å². The van der Waals surface area contributed by atoms with Gasteiger partial charge in [-0.15, -0.1) is 11.3 Å². The van der Waals surface area contributed by atoms with Crippen LogP contribution in [-0.2, 0) is 26.2 Å². The zero-order valence-corrected chi connectivity index (χ0v) is 17.2. The SMILES string of the molecule is O=C(CNS(=O)(=O)c1ccc2c(c1)OCCCO2)OCc1noc(-c2cccs2)n1. The number of hydrogen-bond acceptors (Lipinski definition) is 10. The third-order valence-electron chi connectivity index (χ3n) is 4.00. The van der Waals surface area contributed by atoms with Crippen molar-refractivity contribution in [3.8, 4) is 22.3 Å². The van der Waals surface area contributed by atoms with E-state index in [-0.39, 0.29) is 17.3 Å². The summed E-state index contributed by atoms with van der Waals surface area (Å²) in [6, 6.07) is 7.93. The summed E-state index contributed by atoms with van der Waals surface area (Å²) < 4.78 is 48.2. The Morgan fingerprint density at radius 3 is 2.83 bits per heavy atom. The Labute approximate surface area is 175 Å². The summed E-state index contributed by atoms with van der Waals surface area (Å²) in [6.07, 6.45) is 0.704. The molecule has 158 valence electrons. The average molecular weight is 451 g/mol. The summed E-state index contributed by atoms with van der Waals surface area (Å²) in [5.41, 5.74) is 0. The molecule has 0 saturated carbocycles. The molecule has 3 heterocycles. The zero-order chi connectivity index (χ0) is 21.0. The Balaban J connectivity index is 1.31. The molecule has 2 aromatic heterocycles. The van der Waals surface area contributed by atoms with E-state index in [1.54, 1.807) is 0 Å². The molecule has 12 heteroatoms. The highest BCUT2D eigenvalue weighted by atomic mass is 32.2. The molecule has 1 aliphatic heterocycles. The van der Waals surface area contributed by atoms with Gasteiger partial charge in [-0.05, 0) is 23.6 Å². The number of thiophene rings is 1. The van der Waals surface area contributed by atoms with E-state index in [0.29, 0.717) is 37.0 Å². The molecule has 1 N–H and O–H groups in total. The monoisotopic (exact) mass is 451 g/mol. The highest BCUT2D eigenvalue weighted by Gasteiger charge is 2.20. The number of ether oxygens (including phenoxy) is 3. The normalized spacial score (nSPS) is 13.6. The van der Waals surface area contributed by atoms with Crippen LogP contribution in [-0.4, -0.2) is 44.3 Å². The first kappa shape index (κ1) is 20.3. The first-order valence-corrected chi connectivity index (χ1v) is 11.3. The molecule has 0 saturated heterocycles. The van der Waals surface area contributed by atoms with Crippen LogP contribution in [0.1, 0.15) is 12.2 Å². The number of rotatable bonds is 7. The van der Waals surface area contributed by atoms with E-state index in [0.717, 1.165) is 4.88 Å². The Morgan fingerprint density at radius 1 is 1.20 bits per heavy atom. The molecule has 0 atom stereocenters. The minimum absolute atomic E-state index is 0.0432. The van der Waals surface area contributed by atoms with Crippen LogP contribution in [0, 0.1) is 0 Å². The van der Waals surface area contributed by atoms with Crippen molar-refractivity contribution in [2.75, 3.05) is 19.8 Å². The molecular weight excluding hydrogens is 434 g/mol. The number of benzene rings is 1. The second-order valence-corrected chi connectivity index (χ2v) is 8.85. The van der Waals surface area contributed by atoms with Crippen molar-refractivity contribution < 1.29 is 31.9 Å². The van der Waals surface area contributed by atoms with Gasteiger partial charge < -0.3 is 18.7 Å². The van der Waals surface area contributed by atoms with E-state index in [9.17, 15) is 13.2 Å². The maximum absolute atomic E-state index is 12.5. The molecule has 1 aromatic carbocycles. The molecule has 1 aliphatic rings. The van der Waals surface area contributed by atoms with E-state index in [4.69, 9.17) is 18.7 Å². The standard InChI is InChI=1S/C18H17N3O7S2/c22-17(27-11-16-20-18(28-21-16)15-3-1-8-29-15)10-19-30(23,24)12-4-5-13-14(9-12)26-7-2-6-25-13/h1,3-5,8-9,19H,2,6-7,10-11H2. The number of nitrogens with one attached hydrogen (secondary N) is 1. The van der Waals surface area contributed by atoms with Gasteiger partial charge in [-0.3, -0.25) is 4.79 Å². The number of fused-ring (bicyclic) bond motifs is 1. The van der Waals surface area contributed by atoms with Crippen LogP contribution in [0.3, 0.4) is 0 Å². The molecule has 4 rings (SSSR count). The molecule has 0 bridgehead atoms. The van der Waals surface area contributed by atoms with Crippen molar-refractivity contribution in [2.24, 2.45) is 0 Å². The van der Waals surface area contributed by atoms with Gasteiger partial charge in [0.2, 0.25) is 15.8 Å². The lowest BCUT2D eigenvalue weighted by atomic mass is 10.3. The minimum Gasteiger partial charge on any atom is -0.490 e. The van der Waals surface area contributed by atoms with Gasteiger partial charge in [0.05, 0.1) is 23.0 Å². The van der Waals surface area contributed by atoms with Gasteiger partial charge in [-0.25, -0.2) is 8.42 Å². The van der Waals surface area contributed by atoms with Crippen molar-refractivity contribution in [2.45, 2.75) is 17.9 Å². The van der Waals surface area contributed by atoms with Gasteiger partial charge in [0.15, 0.2) is 18.1 Å². The van der Waals surface area contributed by atoms with E-state index >= 15 is 0 Å². The molecule has 0 aliphatic carbocycles. The Bertz CT molecular complexity index is 1130. The molecule has 0 unspecified atom stereocenters. The smallest absolute Gasteiger partial charge is 0.321 e. The van der Waals surface area contributed by atoms with Gasteiger partial charge in [0, 0.05) is 12.5 Å². The highest BCUT2D eigenvalue weighted by Crippen LogP contribution is 2.31. The fourth-order valence-electron chi connectivity index (χ4n) is 2.56. The zero-order valence-electron chi connectivity index (χ0n) is 15.6. The van der Waals surface area contributed by atoms with Crippen molar-refractivity contribution in [1.82, 2.24) is 14.9 Å². The van der Waals surface area contributed by atoms with Crippen molar-refractivity contribution in [3.63, 3.8) is 0 Å².